The fourth-order valence-corrected chi connectivity index (χ4v) is 5.62. The molecule has 0 bridgehead atoms. The summed E-state index contributed by atoms with van der Waals surface area (Å²) in [5, 5.41) is 21.2. The smallest absolute Gasteiger partial charge is 0.339 e. The molecule has 3 N–H and O–H groups in total. The normalized spacial score (nSPS) is 23.1. The third-order valence-corrected chi connectivity index (χ3v) is 7.94. The number of alkyl halides is 1. The number of carbonyl (C=O) groups is 1. The Hall–Kier alpha value is -3.65. The molecular weight excluding hydrogens is 502 g/mol. The lowest BCUT2D eigenvalue weighted by atomic mass is 9.89. The van der Waals surface area contributed by atoms with Crippen LogP contribution in [0.2, 0.25) is 0 Å². The summed E-state index contributed by atoms with van der Waals surface area (Å²) in [7, 11) is 1.76. The second-order valence-corrected chi connectivity index (χ2v) is 10.7. The maximum absolute atomic E-state index is 12.0. The van der Waals surface area contributed by atoms with Crippen molar-refractivity contribution in [3.05, 3.63) is 77.9 Å². The van der Waals surface area contributed by atoms with Crippen LogP contribution in [0.1, 0.15) is 54.1 Å². The van der Waals surface area contributed by atoms with E-state index in [4.69, 9.17) is 21.9 Å². The Morgan fingerprint density at radius 1 is 1.21 bits per heavy atom. The number of benzene rings is 2. The van der Waals surface area contributed by atoms with Gasteiger partial charge in [-0.15, -0.1) is 11.6 Å². The van der Waals surface area contributed by atoms with Crippen LogP contribution in [-0.4, -0.2) is 39.9 Å². The van der Waals surface area contributed by atoms with Crippen molar-refractivity contribution in [3.63, 3.8) is 0 Å². The first-order valence-electron chi connectivity index (χ1n) is 13.0. The molecule has 5 rings (SSSR count). The molecule has 3 aromatic rings. The summed E-state index contributed by atoms with van der Waals surface area (Å²) in [6, 6.07) is 16.0. The van der Waals surface area contributed by atoms with E-state index in [1.807, 2.05) is 48.5 Å². The number of ether oxygens (including phenoxy) is 1. The molecule has 0 saturated heterocycles. The van der Waals surface area contributed by atoms with E-state index < -0.39 is 5.97 Å². The number of hydrogen-bond donors (Lipinski definition) is 3. The number of aromatic carboxylic acids is 1. The van der Waals surface area contributed by atoms with Gasteiger partial charge in [0.1, 0.15) is 11.3 Å². The molecule has 2 aromatic carbocycles. The largest absolute Gasteiger partial charge is 0.493 e. The Balaban J connectivity index is 1.39. The molecule has 0 radical (unpaired) electrons. The van der Waals surface area contributed by atoms with Gasteiger partial charge in [-0.05, 0) is 73.4 Å². The summed E-state index contributed by atoms with van der Waals surface area (Å²) in [4.78, 5) is 12.0. The average Bonchev–Trinajstić information content (AvgIpc) is 3.59. The number of allylic oxidation sites excluding steroid dienone is 1. The Morgan fingerprint density at radius 3 is 2.66 bits per heavy atom. The maximum atomic E-state index is 12.0. The summed E-state index contributed by atoms with van der Waals surface area (Å²) in [5.41, 5.74) is 11.7. The summed E-state index contributed by atoms with van der Waals surface area (Å²) in [5.74, 6) is 0.254. The zero-order chi connectivity index (χ0) is 26.6. The molecule has 198 valence electrons. The van der Waals surface area contributed by atoms with Crippen molar-refractivity contribution in [3.8, 4) is 22.6 Å². The predicted molar refractivity (Wildman–Crippen MR) is 146 cm³/mol. The molecular formula is C29H32ClN5O3. The fourth-order valence-electron chi connectivity index (χ4n) is 5.36. The zero-order valence-electron chi connectivity index (χ0n) is 21.3. The molecule has 2 atom stereocenters. The summed E-state index contributed by atoms with van der Waals surface area (Å²) in [6.45, 7) is 0.693. The summed E-state index contributed by atoms with van der Waals surface area (Å²) >= 11 is 6.24. The van der Waals surface area contributed by atoms with Crippen LogP contribution in [0.5, 0.6) is 5.75 Å². The first kappa shape index (κ1) is 26.0. The number of hydrogen-bond acceptors (Lipinski definition) is 6. The van der Waals surface area contributed by atoms with Crippen molar-refractivity contribution < 1.29 is 14.6 Å². The van der Waals surface area contributed by atoms with Crippen LogP contribution in [0.15, 0.2) is 71.7 Å². The maximum Gasteiger partial charge on any atom is 0.339 e. The average molecular weight is 534 g/mol. The van der Waals surface area contributed by atoms with Gasteiger partial charge >= 0.3 is 5.97 Å². The number of nitrogens with one attached hydrogen (secondary N) is 2. The predicted octanol–water partition coefficient (Wildman–Crippen LogP) is 6.61. The lowest BCUT2D eigenvalue weighted by Crippen LogP contribution is -2.20. The minimum absolute atomic E-state index is 0.0231. The van der Waals surface area contributed by atoms with Crippen molar-refractivity contribution in [2.75, 3.05) is 13.7 Å². The van der Waals surface area contributed by atoms with Crippen LogP contribution in [0.4, 0.5) is 0 Å². The van der Waals surface area contributed by atoms with E-state index >= 15 is 0 Å². The standard InChI is InChI=1S/C29H32ClN5O3/c1-32-16-27(34-31)24-14-25(24)28-26(29(36)37)15-33-35(28)22-6-2-4-19(12-22)20-5-3-7-23(13-20)38-17-18-8-10-21(30)11-9-18/h2-7,12-13,15-16,18,21,24-25,31-32H,8-11,14,17H2,1H3,(H,36,37)/b27-16-,34-31?/t18?,21?,24?,25-/m0/s1. The highest BCUT2D eigenvalue weighted by Gasteiger charge is 2.46. The SMILES string of the molecule is CN/C=C(\N=N)C1C[C@@H]1c1c(C(=O)O)cnn1-c1cccc(-c2cccc(OCC3CCC(Cl)CC3)c2)c1. The van der Waals surface area contributed by atoms with E-state index in [2.05, 4.69) is 15.5 Å². The van der Waals surface area contributed by atoms with Crippen molar-refractivity contribution in [1.29, 1.82) is 5.53 Å². The third-order valence-electron chi connectivity index (χ3n) is 7.50. The highest BCUT2D eigenvalue weighted by Crippen LogP contribution is 2.53. The number of halogens is 1. The van der Waals surface area contributed by atoms with Crippen LogP contribution in [0.3, 0.4) is 0 Å². The second kappa shape index (κ2) is 11.4. The fraction of sp³-hybridized carbons (Fsp3) is 0.379. The van der Waals surface area contributed by atoms with Gasteiger partial charge in [-0.3, -0.25) is 0 Å². The Bertz CT molecular complexity index is 1350. The topological polar surface area (TPSA) is 113 Å². The van der Waals surface area contributed by atoms with Gasteiger partial charge in [0.15, 0.2) is 0 Å². The van der Waals surface area contributed by atoms with Gasteiger partial charge in [0.2, 0.25) is 0 Å². The van der Waals surface area contributed by atoms with Gasteiger partial charge in [0.05, 0.1) is 29.9 Å². The van der Waals surface area contributed by atoms with Gasteiger partial charge in [0, 0.05) is 30.5 Å². The van der Waals surface area contributed by atoms with Crippen molar-refractivity contribution in [1.82, 2.24) is 15.1 Å². The minimum Gasteiger partial charge on any atom is -0.493 e. The number of carboxylic acids is 1. The van der Waals surface area contributed by atoms with E-state index in [0.29, 0.717) is 35.7 Å². The first-order valence-corrected chi connectivity index (χ1v) is 13.5. The Kier molecular flexibility index (Phi) is 7.79. The molecule has 9 heteroatoms. The molecule has 2 saturated carbocycles. The lowest BCUT2D eigenvalue weighted by Gasteiger charge is -2.25. The molecule has 0 amide bonds. The van der Waals surface area contributed by atoms with Gasteiger partial charge in [0.25, 0.3) is 0 Å². The van der Waals surface area contributed by atoms with Gasteiger partial charge < -0.3 is 15.2 Å². The van der Waals surface area contributed by atoms with Gasteiger partial charge in [-0.2, -0.15) is 10.2 Å². The highest BCUT2D eigenvalue weighted by molar-refractivity contribution is 6.20. The minimum atomic E-state index is -1.01. The van der Waals surface area contributed by atoms with Crippen molar-refractivity contribution in [2.24, 2.45) is 17.0 Å². The molecule has 2 aliphatic rings. The number of carboxylic acid groups (broad SMARTS) is 1. The van der Waals surface area contributed by atoms with Crippen LogP contribution in [-0.2, 0) is 0 Å². The second-order valence-electron chi connectivity index (χ2n) is 10.1. The van der Waals surface area contributed by atoms with E-state index in [9.17, 15) is 9.90 Å². The summed E-state index contributed by atoms with van der Waals surface area (Å²) < 4.78 is 7.86. The molecule has 1 aromatic heterocycles. The Morgan fingerprint density at radius 2 is 1.95 bits per heavy atom. The van der Waals surface area contributed by atoms with E-state index in [1.165, 1.54) is 6.20 Å². The monoisotopic (exact) mass is 533 g/mol. The molecule has 8 nitrogen and oxygen atoms in total. The number of rotatable bonds is 10. The molecule has 2 fully saturated rings. The summed E-state index contributed by atoms with van der Waals surface area (Å²) in [6.07, 6.45) is 8.12. The third kappa shape index (κ3) is 5.60. The first-order chi connectivity index (χ1) is 18.5. The van der Waals surface area contributed by atoms with Crippen molar-refractivity contribution in [2.45, 2.75) is 43.4 Å². The van der Waals surface area contributed by atoms with E-state index in [-0.39, 0.29) is 17.4 Å². The molecule has 0 aliphatic heterocycles. The zero-order valence-corrected chi connectivity index (χ0v) is 22.1. The Labute approximate surface area is 227 Å². The van der Waals surface area contributed by atoms with Crippen molar-refractivity contribution >= 4 is 17.6 Å². The lowest BCUT2D eigenvalue weighted by molar-refractivity contribution is 0.0695. The number of aromatic nitrogens is 2. The molecule has 0 spiro atoms. The van der Waals surface area contributed by atoms with Gasteiger partial charge in [-0.25, -0.2) is 15.0 Å². The molecule has 38 heavy (non-hydrogen) atoms. The van der Waals surface area contributed by atoms with Crippen LogP contribution >= 0.6 is 11.6 Å². The number of nitrogens with zero attached hydrogens (tertiary/aromatic N) is 3. The van der Waals surface area contributed by atoms with Crippen LogP contribution in [0.25, 0.3) is 16.8 Å². The highest BCUT2D eigenvalue weighted by atomic mass is 35.5. The molecule has 1 heterocycles. The molecule has 2 aliphatic carbocycles. The van der Waals surface area contributed by atoms with Gasteiger partial charge in [-0.1, -0.05) is 24.3 Å². The van der Waals surface area contributed by atoms with Crippen LogP contribution < -0.4 is 10.1 Å². The van der Waals surface area contributed by atoms with E-state index in [1.54, 1.807) is 17.9 Å². The quantitative estimate of drug-likeness (QED) is 0.200. The van der Waals surface area contributed by atoms with Crippen LogP contribution in [0, 0.1) is 17.4 Å². The molecule has 1 unspecified atom stereocenters. The van der Waals surface area contributed by atoms with E-state index in [0.717, 1.165) is 48.2 Å².